The molecule has 0 saturated heterocycles. The third-order valence-corrected chi connectivity index (χ3v) is 4.94. The summed E-state index contributed by atoms with van der Waals surface area (Å²) in [5.74, 6) is -0.312. The molecule has 25 heavy (non-hydrogen) atoms. The number of nitrogens with zero attached hydrogens (tertiary/aromatic N) is 3. The number of thiazole rings is 1. The van der Waals surface area contributed by atoms with Crippen molar-refractivity contribution in [2.75, 3.05) is 5.32 Å². The Morgan fingerprint density at radius 1 is 1.08 bits per heavy atom. The van der Waals surface area contributed by atoms with Gasteiger partial charge in [-0.15, -0.1) is 11.3 Å². The molecule has 0 aliphatic carbocycles. The average Bonchev–Trinajstić information content (AvgIpc) is 3.06. The second-order valence-corrected chi connectivity index (χ2v) is 6.59. The number of aromatic nitrogens is 3. The number of nitrogens with one attached hydrogen (secondary N) is 1. The summed E-state index contributed by atoms with van der Waals surface area (Å²) in [6.07, 6.45) is 5.04. The number of fused-ring (bicyclic) bond motifs is 1. The van der Waals surface area contributed by atoms with Crippen molar-refractivity contribution in [1.29, 1.82) is 0 Å². The van der Waals surface area contributed by atoms with Crippen LogP contribution in [0.25, 0.3) is 20.8 Å². The number of amides is 1. The zero-order valence-corrected chi connectivity index (χ0v) is 14.4. The van der Waals surface area contributed by atoms with E-state index in [1.807, 2.05) is 30.3 Å². The van der Waals surface area contributed by atoms with Crippen LogP contribution in [0.4, 0.5) is 5.69 Å². The van der Waals surface area contributed by atoms with Crippen LogP contribution in [0.5, 0.6) is 0 Å². The molecule has 5 nitrogen and oxygen atoms in total. The maximum Gasteiger partial charge on any atom is 0.258 e. The first-order chi connectivity index (χ1) is 12.2. The van der Waals surface area contributed by atoms with Gasteiger partial charge in [-0.3, -0.25) is 9.78 Å². The summed E-state index contributed by atoms with van der Waals surface area (Å²) in [6, 6.07) is 12.7. The van der Waals surface area contributed by atoms with Crippen LogP contribution in [-0.4, -0.2) is 20.9 Å². The molecular weight excluding hydrogens is 356 g/mol. The first kappa shape index (κ1) is 15.7. The Kier molecular flexibility index (Phi) is 4.13. The highest BCUT2D eigenvalue weighted by Crippen LogP contribution is 2.34. The number of pyridine rings is 2. The number of carbonyl (C=O) groups is 1. The van der Waals surface area contributed by atoms with Crippen molar-refractivity contribution in [3.05, 3.63) is 71.8 Å². The van der Waals surface area contributed by atoms with E-state index in [4.69, 9.17) is 11.6 Å². The van der Waals surface area contributed by atoms with Gasteiger partial charge in [-0.1, -0.05) is 23.7 Å². The van der Waals surface area contributed by atoms with Gasteiger partial charge < -0.3 is 5.32 Å². The van der Waals surface area contributed by atoms with Gasteiger partial charge in [-0.2, -0.15) is 0 Å². The number of carbonyl (C=O) groups excluding carboxylic acids is 1. The Hall–Kier alpha value is -2.83. The van der Waals surface area contributed by atoms with E-state index >= 15 is 0 Å². The highest BCUT2D eigenvalue weighted by atomic mass is 35.5. The largest absolute Gasteiger partial charge is 0.321 e. The SMILES string of the molecule is O=C(Nc1ccccc1-c1nc2ccncc2s1)c1cccnc1Cl. The Bertz CT molecular complexity index is 1050. The molecule has 0 aliphatic heterocycles. The van der Waals surface area contributed by atoms with E-state index in [1.54, 1.807) is 30.7 Å². The first-order valence-corrected chi connectivity index (χ1v) is 8.63. The molecule has 0 aliphatic rings. The predicted molar refractivity (Wildman–Crippen MR) is 100 cm³/mol. The van der Waals surface area contributed by atoms with E-state index in [1.165, 1.54) is 11.3 Å². The van der Waals surface area contributed by atoms with Gasteiger partial charge >= 0.3 is 0 Å². The van der Waals surface area contributed by atoms with E-state index in [0.29, 0.717) is 11.3 Å². The molecular formula is C18H11ClN4OS. The summed E-state index contributed by atoms with van der Waals surface area (Å²) in [4.78, 5) is 25.2. The van der Waals surface area contributed by atoms with E-state index in [2.05, 4.69) is 20.3 Å². The quantitative estimate of drug-likeness (QED) is 0.535. The number of para-hydroxylation sites is 1. The second kappa shape index (κ2) is 6.58. The number of benzene rings is 1. The van der Waals surface area contributed by atoms with E-state index in [0.717, 1.165) is 20.8 Å². The standard InChI is InChI=1S/C18H11ClN4OS/c19-16-12(5-3-8-21-16)17(24)22-13-6-2-1-4-11(13)18-23-14-7-9-20-10-15(14)25-18/h1-10H,(H,22,24). The molecule has 1 aromatic carbocycles. The lowest BCUT2D eigenvalue weighted by atomic mass is 10.1. The zero-order valence-electron chi connectivity index (χ0n) is 12.8. The zero-order chi connectivity index (χ0) is 17.2. The number of rotatable bonds is 3. The van der Waals surface area contributed by atoms with Crippen LogP contribution in [0.2, 0.25) is 5.15 Å². The highest BCUT2D eigenvalue weighted by molar-refractivity contribution is 7.21. The fraction of sp³-hybridized carbons (Fsp3) is 0. The Morgan fingerprint density at radius 2 is 1.96 bits per heavy atom. The van der Waals surface area contributed by atoms with Gasteiger partial charge in [0.2, 0.25) is 0 Å². The first-order valence-electron chi connectivity index (χ1n) is 7.44. The molecule has 3 heterocycles. The lowest BCUT2D eigenvalue weighted by Crippen LogP contribution is -2.13. The third kappa shape index (κ3) is 3.09. The van der Waals surface area contributed by atoms with Crippen LogP contribution >= 0.6 is 22.9 Å². The molecule has 1 amide bonds. The molecule has 122 valence electrons. The molecule has 0 unspecified atom stereocenters. The monoisotopic (exact) mass is 366 g/mol. The summed E-state index contributed by atoms with van der Waals surface area (Å²) >= 11 is 7.53. The summed E-state index contributed by atoms with van der Waals surface area (Å²) < 4.78 is 0.994. The number of hydrogen-bond acceptors (Lipinski definition) is 5. The molecule has 7 heteroatoms. The highest BCUT2D eigenvalue weighted by Gasteiger charge is 2.15. The van der Waals surface area contributed by atoms with Crippen molar-refractivity contribution >= 4 is 44.7 Å². The number of halogens is 1. The van der Waals surface area contributed by atoms with Gasteiger partial charge in [0.25, 0.3) is 5.91 Å². The second-order valence-electron chi connectivity index (χ2n) is 5.20. The molecule has 0 radical (unpaired) electrons. The van der Waals surface area contributed by atoms with Gasteiger partial charge in [-0.05, 0) is 30.3 Å². The smallest absolute Gasteiger partial charge is 0.258 e. The Balaban J connectivity index is 1.72. The van der Waals surface area contributed by atoms with Gasteiger partial charge in [0.15, 0.2) is 0 Å². The van der Waals surface area contributed by atoms with Gasteiger partial charge in [0.1, 0.15) is 10.2 Å². The van der Waals surface area contributed by atoms with E-state index in [9.17, 15) is 4.79 Å². The van der Waals surface area contributed by atoms with E-state index < -0.39 is 0 Å². The Labute approximate surface area is 152 Å². The van der Waals surface area contributed by atoms with Crippen LogP contribution in [0.15, 0.2) is 61.1 Å². The van der Waals surface area contributed by atoms with Gasteiger partial charge in [0.05, 0.1) is 21.5 Å². The molecule has 1 N–H and O–H groups in total. The van der Waals surface area contributed by atoms with Crippen LogP contribution in [0.1, 0.15) is 10.4 Å². The van der Waals surface area contributed by atoms with Crippen molar-refractivity contribution in [1.82, 2.24) is 15.0 Å². The van der Waals surface area contributed by atoms with E-state index in [-0.39, 0.29) is 11.1 Å². The minimum atomic E-state index is -0.312. The van der Waals surface area contributed by atoms with Crippen molar-refractivity contribution < 1.29 is 4.79 Å². The van der Waals surface area contributed by atoms with Gasteiger partial charge in [0, 0.05) is 24.2 Å². The van der Waals surface area contributed by atoms with Crippen LogP contribution in [0.3, 0.4) is 0 Å². The fourth-order valence-electron chi connectivity index (χ4n) is 2.42. The third-order valence-electron chi connectivity index (χ3n) is 3.60. The molecule has 4 aromatic rings. The molecule has 0 saturated carbocycles. The molecule has 3 aromatic heterocycles. The maximum absolute atomic E-state index is 12.5. The maximum atomic E-state index is 12.5. The van der Waals surface area contributed by atoms with Crippen LogP contribution < -0.4 is 5.32 Å². The molecule has 4 rings (SSSR count). The van der Waals surface area contributed by atoms with Crippen LogP contribution in [0, 0.1) is 0 Å². The van der Waals surface area contributed by atoms with Gasteiger partial charge in [-0.25, -0.2) is 9.97 Å². The number of anilines is 1. The fourth-order valence-corrected chi connectivity index (χ4v) is 3.60. The molecule has 0 bridgehead atoms. The van der Waals surface area contributed by atoms with Crippen LogP contribution in [-0.2, 0) is 0 Å². The molecule has 0 atom stereocenters. The molecule has 0 fully saturated rings. The lowest BCUT2D eigenvalue weighted by molar-refractivity contribution is 0.102. The topological polar surface area (TPSA) is 67.8 Å². The number of hydrogen-bond donors (Lipinski definition) is 1. The minimum Gasteiger partial charge on any atom is -0.321 e. The summed E-state index contributed by atoms with van der Waals surface area (Å²) in [5.41, 5.74) is 2.72. The summed E-state index contributed by atoms with van der Waals surface area (Å²) in [6.45, 7) is 0. The average molecular weight is 367 g/mol. The minimum absolute atomic E-state index is 0.170. The van der Waals surface area contributed by atoms with Crippen molar-refractivity contribution in [2.45, 2.75) is 0 Å². The Morgan fingerprint density at radius 3 is 2.80 bits per heavy atom. The summed E-state index contributed by atoms with van der Waals surface area (Å²) in [7, 11) is 0. The normalized spacial score (nSPS) is 10.8. The summed E-state index contributed by atoms with van der Waals surface area (Å²) in [5, 5.41) is 3.88. The van der Waals surface area contributed by atoms with Crippen molar-refractivity contribution in [3.63, 3.8) is 0 Å². The predicted octanol–water partition coefficient (Wildman–Crippen LogP) is 4.66. The molecule has 0 spiro atoms. The van der Waals surface area contributed by atoms with Crippen molar-refractivity contribution in [3.8, 4) is 10.6 Å². The lowest BCUT2D eigenvalue weighted by Gasteiger charge is -2.09. The van der Waals surface area contributed by atoms with Crippen molar-refractivity contribution in [2.24, 2.45) is 0 Å².